The second kappa shape index (κ2) is 9.09. The number of ether oxygens (including phenoxy) is 1. The van der Waals surface area contributed by atoms with Crippen molar-refractivity contribution in [2.24, 2.45) is 0 Å². The van der Waals surface area contributed by atoms with Gasteiger partial charge in [0.1, 0.15) is 4.88 Å². The summed E-state index contributed by atoms with van der Waals surface area (Å²) in [5, 5.41) is 0. The number of para-hydroxylation sites is 1. The topological polar surface area (TPSA) is 80.8 Å². The first kappa shape index (κ1) is 21.5. The molecule has 2 aromatic rings. The highest BCUT2D eigenvalue weighted by atomic mass is 32.2. The maximum absolute atomic E-state index is 12.9. The van der Waals surface area contributed by atoms with Crippen LogP contribution in [0.1, 0.15) is 39.9 Å². The van der Waals surface area contributed by atoms with Gasteiger partial charge in [-0.2, -0.15) is 0 Å². The summed E-state index contributed by atoms with van der Waals surface area (Å²) >= 11 is 1.37. The van der Waals surface area contributed by atoms with Gasteiger partial charge >= 0.3 is 5.97 Å². The third-order valence-electron chi connectivity index (χ3n) is 4.94. The minimum atomic E-state index is -3.16. The molecule has 2 heterocycles. The van der Waals surface area contributed by atoms with E-state index < -0.39 is 34.4 Å². The van der Waals surface area contributed by atoms with E-state index in [9.17, 15) is 18.0 Å². The summed E-state index contributed by atoms with van der Waals surface area (Å²) in [4.78, 5) is 28.3. The zero-order valence-corrected chi connectivity index (χ0v) is 18.2. The fourth-order valence-electron chi connectivity index (χ4n) is 3.53. The predicted octanol–water partition coefficient (Wildman–Crippen LogP) is 3.39. The summed E-state index contributed by atoms with van der Waals surface area (Å²) in [6.07, 6.45) is 2.26. The normalized spacial score (nSPS) is 17.8. The number of thiophene rings is 1. The van der Waals surface area contributed by atoms with E-state index in [1.165, 1.54) is 16.2 Å². The number of benzene rings is 1. The van der Waals surface area contributed by atoms with Gasteiger partial charge in [0.05, 0.1) is 17.5 Å². The molecule has 1 aliphatic heterocycles. The van der Waals surface area contributed by atoms with Crippen molar-refractivity contribution in [1.82, 2.24) is 0 Å². The van der Waals surface area contributed by atoms with Crippen LogP contribution in [0.5, 0.6) is 0 Å². The molecule has 1 fully saturated rings. The summed E-state index contributed by atoms with van der Waals surface area (Å²) in [5.74, 6) is -0.968. The van der Waals surface area contributed by atoms with E-state index in [0.717, 1.165) is 23.3 Å². The molecule has 1 amide bonds. The highest BCUT2D eigenvalue weighted by Crippen LogP contribution is 2.26. The maximum Gasteiger partial charge on any atom is 0.348 e. The molecule has 6 nitrogen and oxygen atoms in total. The summed E-state index contributed by atoms with van der Waals surface area (Å²) in [6, 6.07) is 10.3. The number of hydrogen-bond donors (Lipinski definition) is 0. The van der Waals surface area contributed by atoms with Crippen molar-refractivity contribution in [3.8, 4) is 0 Å². The lowest BCUT2D eigenvalue weighted by Crippen LogP contribution is -2.43. The van der Waals surface area contributed by atoms with Gasteiger partial charge in [0.25, 0.3) is 5.91 Å². The van der Waals surface area contributed by atoms with Crippen LogP contribution in [0.2, 0.25) is 0 Å². The molecule has 156 valence electrons. The average Bonchev–Trinajstić information content (AvgIpc) is 3.23. The quantitative estimate of drug-likeness (QED) is 0.623. The van der Waals surface area contributed by atoms with E-state index in [0.29, 0.717) is 17.0 Å². The Morgan fingerprint density at radius 3 is 2.59 bits per heavy atom. The lowest BCUT2D eigenvalue weighted by Gasteiger charge is -2.28. The van der Waals surface area contributed by atoms with Crippen LogP contribution in [-0.4, -0.2) is 44.4 Å². The number of carbonyl (C=O) groups excluding carboxylic acids is 2. The van der Waals surface area contributed by atoms with Crippen molar-refractivity contribution in [1.29, 1.82) is 0 Å². The van der Waals surface area contributed by atoms with E-state index >= 15 is 0 Å². The zero-order valence-electron chi connectivity index (χ0n) is 16.6. The van der Waals surface area contributed by atoms with Crippen LogP contribution in [-0.2, 0) is 25.8 Å². The minimum absolute atomic E-state index is 0.0583. The Morgan fingerprint density at radius 2 is 1.97 bits per heavy atom. The molecule has 1 aromatic heterocycles. The molecule has 1 aromatic carbocycles. The molecule has 1 aliphatic rings. The van der Waals surface area contributed by atoms with Crippen molar-refractivity contribution in [2.75, 3.05) is 23.0 Å². The first-order chi connectivity index (χ1) is 13.8. The Balaban J connectivity index is 1.72. The molecule has 0 saturated carbocycles. The smallest absolute Gasteiger partial charge is 0.348 e. The van der Waals surface area contributed by atoms with E-state index in [-0.39, 0.29) is 11.5 Å². The van der Waals surface area contributed by atoms with Gasteiger partial charge in [0.15, 0.2) is 16.4 Å². The molecule has 8 heteroatoms. The largest absolute Gasteiger partial charge is 0.451 e. The standard InChI is InChI=1S/C21H25NO5S2/c1-3-7-16-12-19(28-15(16)2)21(24)27-13-20(23)22(17-8-5-4-6-9-17)18-10-11-29(25,26)14-18/h4-6,8-9,12,18H,3,7,10-11,13-14H2,1-2H3. The predicted molar refractivity (Wildman–Crippen MR) is 114 cm³/mol. The van der Waals surface area contributed by atoms with Gasteiger partial charge in [-0.15, -0.1) is 11.3 Å². The van der Waals surface area contributed by atoms with Gasteiger partial charge in [-0.05, 0) is 43.5 Å². The number of rotatable bonds is 7. The number of amides is 1. The van der Waals surface area contributed by atoms with Crippen LogP contribution in [0.4, 0.5) is 5.69 Å². The van der Waals surface area contributed by atoms with Crippen molar-refractivity contribution >= 4 is 38.7 Å². The Kier molecular flexibility index (Phi) is 6.74. The second-order valence-corrected chi connectivity index (χ2v) is 10.7. The molecule has 29 heavy (non-hydrogen) atoms. The molecule has 1 unspecified atom stereocenters. The third kappa shape index (κ3) is 5.25. The fourth-order valence-corrected chi connectivity index (χ4v) is 6.20. The Labute approximate surface area is 175 Å². The molecule has 1 saturated heterocycles. The zero-order chi connectivity index (χ0) is 21.0. The first-order valence-electron chi connectivity index (χ1n) is 9.64. The van der Waals surface area contributed by atoms with E-state index in [2.05, 4.69) is 6.92 Å². The van der Waals surface area contributed by atoms with E-state index in [1.54, 1.807) is 24.3 Å². The number of carbonyl (C=O) groups is 2. The highest BCUT2D eigenvalue weighted by molar-refractivity contribution is 7.91. The Hall–Kier alpha value is -2.19. The molecule has 1 atom stereocenters. The molecule has 0 spiro atoms. The number of sulfone groups is 1. The summed E-state index contributed by atoms with van der Waals surface area (Å²) in [5.41, 5.74) is 1.73. The number of nitrogens with zero attached hydrogens (tertiary/aromatic N) is 1. The molecule has 0 aliphatic carbocycles. The second-order valence-electron chi connectivity index (χ2n) is 7.17. The Morgan fingerprint density at radius 1 is 1.24 bits per heavy atom. The van der Waals surface area contributed by atoms with Crippen LogP contribution in [0, 0.1) is 6.92 Å². The molecular formula is C21H25NO5S2. The van der Waals surface area contributed by atoms with Gasteiger partial charge < -0.3 is 9.64 Å². The van der Waals surface area contributed by atoms with Gasteiger partial charge in [-0.3, -0.25) is 4.79 Å². The monoisotopic (exact) mass is 435 g/mol. The van der Waals surface area contributed by atoms with Crippen LogP contribution in [0.3, 0.4) is 0 Å². The van der Waals surface area contributed by atoms with Gasteiger partial charge in [-0.25, -0.2) is 13.2 Å². The van der Waals surface area contributed by atoms with E-state index in [1.807, 2.05) is 19.1 Å². The molecular weight excluding hydrogens is 410 g/mol. The van der Waals surface area contributed by atoms with Crippen LogP contribution >= 0.6 is 11.3 Å². The first-order valence-corrected chi connectivity index (χ1v) is 12.3. The minimum Gasteiger partial charge on any atom is -0.451 e. The summed E-state index contributed by atoms with van der Waals surface area (Å²) in [6.45, 7) is 3.62. The molecule has 3 rings (SSSR count). The van der Waals surface area contributed by atoms with Crippen molar-refractivity contribution in [3.05, 3.63) is 51.7 Å². The SMILES string of the molecule is CCCc1cc(C(=O)OCC(=O)N(c2ccccc2)C2CCS(=O)(=O)C2)sc1C. The van der Waals surface area contributed by atoms with Crippen LogP contribution in [0.15, 0.2) is 36.4 Å². The lowest BCUT2D eigenvalue weighted by atomic mass is 10.1. The number of anilines is 1. The van der Waals surface area contributed by atoms with Gasteiger partial charge in [0, 0.05) is 10.6 Å². The van der Waals surface area contributed by atoms with Crippen molar-refractivity contribution < 1.29 is 22.7 Å². The maximum atomic E-state index is 12.9. The third-order valence-corrected chi connectivity index (χ3v) is 7.77. The van der Waals surface area contributed by atoms with Crippen molar-refractivity contribution in [2.45, 2.75) is 39.2 Å². The molecule has 0 N–H and O–H groups in total. The number of hydrogen-bond acceptors (Lipinski definition) is 6. The lowest BCUT2D eigenvalue weighted by molar-refractivity contribution is -0.122. The van der Waals surface area contributed by atoms with Crippen molar-refractivity contribution in [3.63, 3.8) is 0 Å². The summed E-state index contributed by atoms with van der Waals surface area (Å²) < 4.78 is 29.1. The number of esters is 1. The van der Waals surface area contributed by atoms with Crippen LogP contribution < -0.4 is 4.90 Å². The van der Waals surface area contributed by atoms with E-state index in [4.69, 9.17) is 4.74 Å². The fraction of sp³-hybridized carbons (Fsp3) is 0.429. The van der Waals surface area contributed by atoms with Gasteiger partial charge in [-0.1, -0.05) is 31.5 Å². The van der Waals surface area contributed by atoms with Gasteiger partial charge in [0.2, 0.25) is 0 Å². The van der Waals surface area contributed by atoms with Crippen LogP contribution in [0.25, 0.3) is 0 Å². The average molecular weight is 436 g/mol. The molecule has 0 bridgehead atoms. The Bertz CT molecular complexity index is 982. The molecule has 0 radical (unpaired) electrons. The highest BCUT2D eigenvalue weighted by Gasteiger charge is 2.35. The number of aryl methyl sites for hydroxylation is 2. The summed E-state index contributed by atoms with van der Waals surface area (Å²) in [7, 11) is -3.16.